The fraction of sp³-hybridized carbons (Fsp3) is 0. The summed E-state index contributed by atoms with van der Waals surface area (Å²) in [5, 5.41) is 12.5. The van der Waals surface area contributed by atoms with E-state index >= 15 is 0 Å². The van der Waals surface area contributed by atoms with E-state index < -0.39 is 0 Å². The van der Waals surface area contributed by atoms with E-state index in [1.165, 1.54) is 65.3 Å². The van der Waals surface area contributed by atoms with Crippen LogP contribution in [0.4, 0.5) is 17.1 Å². The summed E-state index contributed by atoms with van der Waals surface area (Å²) in [7, 11) is 0. The van der Waals surface area contributed by atoms with Crippen molar-refractivity contribution in [3.05, 3.63) is 224 Å². The third kappa shape index (κ3) is 5.57. The second-order valence-electron chi connectivity index (χ2n) is 15.6. The quantitative estimate of drug-likeness (QED) is 0.157. The Morgan fingerprint density at radius 2 is 0.783 bits per heavy atom. The number of hydrogen-bond donors (Lipinski definition) is 0. The van der Waals surface area contributed by atoms with Gasteiger partial charge in [0.2, 0.25) is 0 Å². The first-order valence-corrected chi connectivity index (χ1v) is 20.6. The Hall–Kier alpha value is -7.94. The molecule has 280 valence electrons. The molecule has 11 aromatic carbocycles. The summed E-state index contributed by atoms with van der Waals surface area (Å²) in [4.78, 5) is 2.37. The summed E-state index contributed by atoms with van der Waals surface area (Å²) >= 11 is 0. The van der Waals surface area contributed by atoms with Crippen LogP contribution in [0.2, 0.25) is 0 Å². The molecule has 0 unspecified atom stereocenters. The number of anilines is 3. The predicted molar refractivity (Wildman–Crippen MR) is 255 cm³/mol. The molecule has 0 aliphatic rings. The van der Waals surface area contributed by atoms with Gasteiger partial charge in [-0.2, -0.15) is 0 Å². The van der Waals surface area contributed by atoms with Gasteiger partial charge >= 0.3 is 0 Å². The summed E-state index contributed by atoms with van der Waals surface area (Å²) in [6.07, 6.45) is 0. The van der Waals surface area contributed by atoms with Gasteiger partial charge in [0.25, 0.3) is 0 Å². The fourth-order valence-corrected chi connectivity index (χ4v) is 9.43. The van der Waals surface area contributed by atoms with E-state index in [0.717, 1.165) is 50.1 Å². The zero-order valence-electron chi connectivity index (χ0n) is 32.7. The molecule has 0 radical (unpaired) electrons. The van der Waals surface area contributed by atoms with E-state index in [1.54, 1.807) is 0 Å². The number of para-hydroxylation sites is 1. The maximum absolute atomic E-state index is 6.26. The van der Waals surface area contributed by atoms with Crippen molar-refractivity contribution < 1.29 is 4.42 Å². The van der Waals surface area contributed by atoms with E-state index in [4.69, 9.17) is 4.42 Å². The Morgan fingerprint density at radius 3 is 1.52 bits per heavy atom. The number of fused-ring (bicyclic) bond motifs is 10. The molecule has 0 spiro atoms. The zero-order chi connectivity index (χ0) is 39.6. The fourth-order valence-electron chi connectivity index (χ4n) is 9.43. The maximum atomic E-state index is 6.26. The topological polar surface area (TPSA) is 16.4 Å². The van der Waals surface area contributed by atoms with Gasteiger partial charge in [-0.3, -0.25) is 0 Å². The van der Waals surface area contributed by atoms with Crippen LogP contribution in [0.3, 0.4) is 0 Å². The van der Waals surface area contributed by atoms with Crippen molar-refractivity contribution in [2.24, 2.45) is 0 Å². The zero-order valence-corrected chi connectivity index (χ0v) is 32.7. The highest BCUT2D eigenvalue weighted by atomic mass is 16.3. The van der Waals surface area contributed by atoms with Gasteiger partial charge in [-0.25, -0.2) is 0 Å². The van der Waals surface area contributed by atoms with Crippen LogP contribution >= 0.6 is 0 Å². The largest absolute Gasteiger partial charge is 0.456 e. The lowest BCUT2D eigenvalue weighted by atomic mass is 9.92. The van der Waals surface area contributed by atoms with Crippen molar-refractivity contribution >= 4 is 82.1 Å². The average Bonchev–Trinajstić information content (AvgIpc) is 3.71. The molecule has 60 heavy (non-hydrogen) atoms. The molecule has 0 N–H and O–H groups in total. The lowest BCUT2D eigenvalue weighted by molar-refractivity contribution is 0.669. The summed E-state index contributed by atoms with van der Waals surface area (Å²) < 4.78 is 6.26. The molecular formula is C58H37NO. The number of nitrogens with zero attached hydrogens (tertiary/aromatic N) is 1. The van der Waals surface area contributed by atoms with Crippen molar-refractivity contribution in [3.8, 4) is 33.4 Å². The van der Waals surface area contributed by atoms with Crippen LogP contribution in [0.1, 0.15) is 0 Å². The lowest BCUT2D eigenvalue weighted by Gasteiger charge is -2.26. The first-order valence-electron chi connectivity index (χ1n) is 20.6. The molecular weight excluding hydrogens is 727 g/mol. The van der Waals surface area contributed by atoms with Crippen LogP contribution in [-0.4, -0.2) is 0 Å². The second-order valence-corrected chi connectivity index (χ2v) is 15.6. The highest BCUT2D eigenvalue weighted by molar-refractivity contribution is 6.25. The molecule has 0 saturated carbocycles. The van der Waals surface area contributed by atoms with Gasteiger partial charge in [0.05, 0.1) is 0 Å². The van der Waals surface area contributed by atoms with Crippen LogP contribution < -0.4 is 4.90 Å². The molecule has 0 atom stereocenters. The number of furan rings is 1. The summed E-state index contributed by atoms with van der Waals surface area (Å²) in [5.41, 5.74) is 12.1. The summed E-state index contributed by atoms with van der Waals surface area (Å²) in [6, 6.07) is 81.3. The minimum absolute atomic E-state index is 0.901. The van der Waals surface area contributed by atoms with E-state index in [0.29, 0.717) is 0 Å². The molecule has 0 bridgehead atoms. The molecule has 0 amide bonds. The Bertz CT molecular complexity index is 3560. The third-order valence-corrected chi connectivity index (χ3v) is 12.2. The van der Waals surface area contributed by atoms with Gasteiger partial charge in [-0.1, -0.05) is 170 Å². The van der Waals surface area contributed by atoms with Crippen LogP contribution in [-0.2, 0) is 0 Å². The van der Waals surface area contributed by atoms with Crippen molar-refractivity contribution in [2.45, 2.75) is 0 Å². The molecule has 2 heteroatoms. The summed E-state index contributed by atoms with van der Waals surface area (Å²) in [5.74, 6) is 0. The van der Waals surface area contributed by atoms with E-state index in [1.807, 2.05) is 12.1 Å². The number of benzene rings is 11. The molecule has 0 saturated heterocycles. The molecule has 0 aliphatic carbocycles. The monoisotopic (exact) mass is 763 g/mol. The van der Waals surface area contributed by atoms with Crippen molar-refractivity contribution in [1.82, 2.24) is 0 Å². The van der Waals surface area contributed by atoms with E-state index in [9.17, 15) is 0 Å². The van der Waals surface area contributed by atoms with Gasteiger partial charge in [-0.05, 0) is 131 Å². The van der Waals surface area contributed by atoms with Crippen LogP contribution in [0, 0.1) is 0 Å². The normalized spacial score (nSPS) is 11.7. The Kier molecular flexibility index (Phi) is 7.89. The van der Waals surface area contributed by atoms with Crippen LogP contribution in [0.25, 0.3) is 98.4 Å². The van der Waals surface area contributed by atoms with E-state index in [-0.39, 0.29) is 0 Å². The van der Waals surface area contributed by atoms with Crippen LogP contribution in [0.15, 0.2) is 229 Å². The Labute approximate surface area is 347 Å². The summed E-state index contributed by atoms with van der Waals surface area (Å²) in [6.45, 7) is 0. The van der Waals surface area contributed by atoms with Gasteiger partial charge in [-0.15, -0.1) is 0 Å². The van der Waals surface area contributed by atoms with Crippen molar-refractivity contribution in [3.63, 3.8) is 0 Å². The molecule has 12 aromatic rings. The minimum atomic E-state index is 0.901. The van der Waals surface area contributed by atoms with Crippen LogP contribution in [0.5, 0.6) is 0 Å². The highest BCUT2D eigenvalue weighted by Crippen LogP contribution is 2.42. The first-order chi connectivity index (χ1) is 29.7. The minimum Gasteiger partial charge on any atom is -0.456 e. The van der Waals surface area contributed by atoms with Gasteiger partial charge in [0, 0.05) is 27.8 Å². The Balaban J connectivity index is 0.979. The third-order valence-electron chi connectivity index (χ3n) is 12.2. The smallest absolute Gasteiger partial charge is 0.136 e. The Morgan fingerprint density at radius 1 is 0.267 bits per heavy atom. The predicted octanol–water partition coefficient (Wildman–Crippen LogP) is 16.7. The van der Waals surface area contributed by atoms with Gasteiger partial charge < -0.3 is 9.32 Å². The van der Waals surface area contributed by atoms with Gasteiger partial charge in [0.15, 0.2) is 0 Å². The van der Waals surface area contributed by atoms with E-state index in [2.05, 4.69) is 217 Å². The lowest BCUT2D eigenvalue weighted by Crippen LogP contribution is -2.10. The number of hydrogen-bond acceptors (Lipinski definition) is 2. The highest BCUT2D eigenvalue weighted by Gasteiger charge is 2.17. The maximum Gasteiger partial charge on any atom is 0.136 e. The standard InChI is InChI=1S/C58H37NO/c1-2-16-46-39(12-1)13-10-22-47(46)42-14-9-15-45(36-42)59(44-33-28-40(29-34-44)48-23-11-25-57-58(48)54-21-7-8-24-56(54)60-57)43-31-26-38(27-32-43)41-30-35-53-51-19-4-3-17-49(51)50-18-5-6-20-52(50)55(53)37-41/h1-37H. The molecule has 1 heterocycles. The average molecular weight is 764 g/mol. The molecule has 2 nitrogen and oxygen atoms in total. The molecule has 1 aromatic heterocycles. The number of rotatable bonds is 6. The molecule has 0 fully saturated rings. The molecule has 0 aliphatic heterocycles. The SMILES string of the molecule is c1cc(-c2cccc3ccccc23)cc(N(c2ccc(-c3ccc4c5ccccc5c5ccccc5c4c3)cc2)c2ccc(-c3cccc4oc5ccccc5c34)cc2)c1. The van der Waals surface area contributed by atoms with Gasteiger partial charge in [0.1, 0.15) is 11.2 Å². The van der Waals surface area contributed by atoms with Crippen molar-refractivity contribution in [1.29, 1.82) is 0 Å². The van der Waals surface area contributed by atoms with Crippen molar-refractivity contribution in [2.75, 3.05) is 4.90 Å². The first kappa shape index (κ1) is 34.1. The second kappa shape index (κ2) is 13.9. The molecule has 12 rings (SSSR count).